The Labute approximate surface area is 59.9 Å². The molecule has 2 nitrogen and oxygen atoms in total. The first-order valence-electron chi connectivity index (χ1n) is 0. The Morgan fingerprint density at radius 2 is 0.750 bits per heavy atom. The average molecular weight is 125 g/mol. The first-order chi connectivity index (χ1) is 0. The monoisotopic (exact) mass is 124 g/mol. The molecule has 0 aliphatic heterocycles. The molecule has 0 bridgehead atoms. The van der Waals surface area contributed by atoms with Crippen LogP contribution < -0.4 is 29.6 Å². The molecule has 0 saturated heterocycles. The normalized spacial score (nSPS) is 0. The molecule has 0 saturated carbocycles. The molecular weight excluding hydrogens is 125 g/mol. The van der Waals surface area contributed by atoms with Crippen molar-refractivity contribution in [3.05, 3.63) is 0 Å². The molecule has 0 amide bonds. The molecule has 0 aromatic heterocycles. The summed E-state index contributed by atoms with van der Waals surface area (Å²) >= 11 is 0. The Morgan fingerprint density at radius 1 is 0.750 bits per heavy atom. The van der Waals surface area contributed by atoms with Crippen LogP contribution in [0.2, 0.25) is 0 Å². The zero-order chi connectivity index (χ0) is 0. The van der Waals surface area contributed by atoms with Crippen LogP contribution in [-0.2, 0) is 11.0 Å². The minimum atomic E-state index is 0. The molecule has 16 valence electrons. The molecular formula is GaNaO2. The van der Waals surface area contributed by atoms with Gasteiger partial charge in [0.1, 0.15) is 0 Å². The van der Waals surface area contributed by atoms with Crippen LogP contribution in [0.25, 0.3) is 0 Å². The van der Waals surface area contributed by atoms with E-state index in [-0.39, 0.29) is 60.3 Å². The largest absolute Gasteiger partial charge is 3.00 e. The topological polar surface area (TPSA) is 57.0 Å². The van der Waals surface area contributed by atoms with Gasteiger partial charge in [0.2, 0.25) is 0 Å². The standard InChI is InChI=1S/Ga.Na.2O/q+3;+1;2*-2. The summed E-state index contributed by atoms with van der Waals surface area (Å²) in [7, 11) is 0. The molecule has 0 fully saturated rings. The Kier molecular flexibility index (Phi) is 283. The van der Waals surface area contributed by atoms with Gasteiger partial charge in [0.25, 0.3) is 0 Å². The van der Waals surface area contributed by atoms with Crippen molar-refractivity contribution in [3.8, 4) is 0 Å². The van der Waals surface area contributed by atoms with Crippen LogP contribution in [0.1, 0.15) is 0 Å². The van der Waals surface area contributed by atoms with E-state index >= 15 is 0 Å². The van der Waals surface area contributed by atoms with Gasteiger partial charge < -0.3 is 11.0 Å². The summed E-state index contributed by atoms with van der Waals surface area (Å²) in [6, 6.07) is 0. The van der Waals surface area contributed by atoms with Crippen molar-refractivity contribution in [2.75, 3.05) is 0 Å². The maximum Gasteiger partial charge on any atom is 3.00 e. The summed E-state index contributed by atoms with van der Waals surface area (Å²) < 4.78 is 0. The van der Waals surface area contributed by atoms with Gasteiger partial charge >= 0.3 is 49.3 Å². The molecule has 0 unspecified atom stereocenters. The van der Waals surface area contributed by atoms with Crippen LogP contribution in [0.5, 0.6) is 0 Å². The zero-order valence-electron chi connectivity index (χ0n) is 2.39. The first-order valence-corrected chi connectivity index (χ1v) is 0. The fourth-order valence-corrected chi connectivity index (χ4v) is 0. The molecule has 0 atom stereocenters. The van der Waals surface area contributed by atoms with Crippen LogP contribution in [0, 0.1) is 0 Å². The predicted octanol–water partition coefficient (Wildman–Crippen LogP) is -3.61. The second-order valence-corrected chi connectivity index (χ2v) is 0. The fraction of sp³-hybridized carbons (Fsp3) is 0. The second kappa shape index (κ2) is 23.8. The van der Waals surface area contributed by atoms with Crippen molar-refractivity contribution >= 4 is 19.8 Å². The first kappa shape index (κ1) is 47.6. The van der Waals surface area contributed by atoms with Crippen molar-refractivity contribution in [1.29, 1.82) is 0 Å². The number of hydrogen-bond acceptors (Lipinski definition) is 0. The third-order valence-electron chi connectivity index (χ3n) is 0. The van der Waals surface area contributed by atoms with Gasteiger partial charge in [-0.25, -0.2) is 0 Å². The van der Waals surface area contributed by atoms with Crippen LogP contribution in [0.15, 0.2) is 0 Å². The maximum atomic E-state index is 0. The third kappa shape index (κ3) is 9.59. The van der Waals surface area contributed by atoms with Gasteiger partial charge in [-0.1, -0.05) is 0 Å². The van der Waals surface area contributed by atoms with E-state index in [0.29, 0.717) is 0 Å². The SMILES string of the molecule is [Ga+3].[Na+].[O-2].[O-2]. The quantitative estimate of drug-likeness (QED) is 0.300. The summed E-state index contributed by atoms with van der Waals surface area (Å²) in [6.45, 7) is 0. The van der Waals surface area contributed by atoms with E-state index < -0.39 is 0 Å². The summed E-state index contributed by atoms with van der Waals surface area (Å²) in [6.07, 6.45) is 0. The molecule has 4 heavy (non-hydrogen) atoms. The van der Waals surface area contributed by atoms with E-state index in [2.05, 4.69) is 0 Å². The Bertz CT molecular complexity index is 6.00. The van der Waals surface area contributed by atoms with Crippen LogP contribution in [0.4, 0.5) is 0 Å². The van der Waals surface area contributed by atoms with E-state index in [1.165, 1.54) is 0 Å². The van der Waals surface area contributed by atoms with E-state index in [4.69, 9.17) is 0 Å². The second-order valence-electron chi connectivity index (χ2n) is 0. The van der Waals surface area contributed by atoms with Gasteiger partial charge in [-0.3, -0.25) is 0 Å². The molecule has 0 radical (unpaired) electrons. The van der Waals surface area contributed by atoms with E-state index in [0.717, 1.165) is 0 Å². The summed E-state index contributed by atoms with van der Waals surface area (Å²) in [5.41, 5.74) is 0. The van der Waals surface area contributed by atoms with E-state index in [1.807, 2.05) is 0 Å². The van der Waals surface area contributed by atoms with Crippen molar-refractivity contribution in [1.82, 2.24) is 0 Å². The van der Waals surface area contributed by atoms with Crippen LogP contribution in [-0.4, -0.2) is 19.8 Å². The van der Waals surface area contributed by atoms with Crippen molar-refractivity contribution in [3.63, 3.8) is 0 Å². The van der Waals surface area contributed by atoms with Gasteiger partial charge in [-0.05, 0) is 0 Å². The fourth-order valence-electron chi connectivity index (χ4n) is 0. The molecule has 0 aliphatic carbocycles. The number of hydrogen-bond donors (Lipinski definition) is 0. The average Bonchev–Trinajstić information content (AvgIpc) is 0. The molecule has 0 rings (SSSR count). The molecule has 0 heterocycles. The maximum absolute atomic E-state index is 0. The van der Waals surface area contributed by atoms with Crippen molar-refractivity contribution in [2.45, 2.75) is 0 Å². The summed E-state index contributed by atoms with van der Waals surface area (Å²) in [5, 5.41) is 0. The summed E-state index contributed by atoms with van der Waals surface area (Å²) in [4.78, 5) is 0. The summed E-state index contributed by atoms with van der Waals surface area (Å²) in [5.74, 6) is 0. The molecule has 0 aromatic carbocycles. The Balaban J connectivity index is 0. The molecule has 0 aliphatic rings. The van der Waals surface area contributed by atoms with Gasteiger partial charge in [-0.2, -0.15) is 0 Å². The molecule has 4 heteroatoms. The smallest absolute Gasteiger partial charge is 2.00 e. The van der Waals surface area contributed by atoms with Gasteiger partial charge in [-0.15, -0.1) is 0 Å². The predicted molar refractivity (Wildman–Crippen MR) is 7.13 cm³/mol. The minimum Gasteiger partial charge on any atom is -2.00 e. The van der Waals surface area contributed by atoms with Gasteiger partial charge in [0, 0.05) is 0 Å². The van der Waals surface area contributed by atoms with Crippen LogP contribution >= 0.6 is 0 Å². The van der Waals surface area contributed by atoms with Crippen molar-refractivity contribution < 1.29 is 40.5 Å². The Morgan fingerprint density at radius 3 is 0.750 bits per heavy atom. The van der Waals surface area contributed by atoms with Gasteiger partial charge in [0.15, 0.2) is 0 Å². The van der Waals surface area contributed by atoms with E-state index in [9.17, 15) is 0 Å². The van der Waals surface area contributed by atoms with Crippen molar-refractivity contribution in [2.24, 2.45) is 0 Å². The zero-order valence-corrected chi connectivity index (χ0v) is 6.82. The molecule has 0 spiro atoms. The molecule has 0 N–H and O–H groups in total. The minimum absolute atomic E-state index is 0. The number of rotatable bonds is 0. The van der Waals surface area contributed by atoms with Crippen LogP contribution in [0.3, 0.4) is 0 Å². The van der Waals surface area contributed by atoms with E-state index in [1.54, 1.807) is 0 Å². The third-order valence-corrected chi connectivity index (χ3v) is 0. The molecule has 0 aromatic rings. The Hall–Kier alpha value is 1.56. The van der Waals surface area contributed by atoms with Gasteiger partial charge in [0.05, 0.1) is 0 Å².